The first-order valence-electron chi connectivity index (χ1n) is 13.0. The molecule has 0 saturated heterocycles. The molecular formula is C29H36BrN3O5. The van der Waals surface area contributed by atoms with E-state index in [-0.39, 0.29) is 11.9 Å². The van der Waals surface area contributed by atoms with Gasteiger partial charge in [-0.2, -0.15) is 0 Å². The first-order valence-corrected chi connectivity index (χ1v) is 14.1. The molecule has 2 aliphatic rings. The number of unbranched alkanes of at least 4 members (excludes halogenated alkanes) is 2. The van der Waals surface area contributed by atoms with Crippen molar-refractivity contribution in [2.75, 3.05) is 36.2 Å². The largest absolute Gasteiger partial charge is 0.493 e. The number of carbonyl (C=O) groups excluding carboxylic acids is 2. The molecule has 0 bridgehead atoms. The van der Waals surface area contributed by atoms with Crippen molar-refractivity contribution in [1.29, 1.82) is 0 Å². The molecule has 0 radical (unpaired) electrons. The quantitative estimate of drug-likeness (QED) is 0.252. The van der Waals surface area contributed by atoms with Crippen molar-refractivity contribution in [1.82, 2.24) is 4.90 Å². The van der Waals surface area contributed by atoms with Crippen molar-refractivity contribution in [3.05, 3.63) is 53.7 Å². The first kappa shape index (κ1) is 27.8. The Bertz CT molecular complexity index is 1190. The predicted octanol–water partition coefficient (Wildman–Crippen LogP) is 6.67. The molecule has 4 rings (SSSR count). The van der Waals surface area contributed by atoms with E-state index in [4.69, 9.17) is 14.2 Å². The fourth-order valence-electron chi connectivity index (χ4n) is 4.53. The molecule has 8 nitrogen and oxygen atoms in total. The lowest BCUT2D eigenvalue weighted by molar-refractivity contribution is 0.0635. The van der Waals surface area contributed by atoms with Crippen LogP contribution < -0.4 is 20.1 Å². The van der Waals surface area contributed by atoms with E-state index in [1.165, 1.54) is 0 Å². The van der Waals surface area contributed by atoms with Gasteiger partial charge in [0.2, 0.25) is 0 Å². The smallest absolute Gasteiger partial charge is 0.412 e. The fraction of sp³-hybridized carbons (Fsp3) is 0.448. The minimum Gasteiger partial charge on any atom is -0.493 e. The van der Waals surface area contributed by atoms with Crippen LogP contribution in [0.5, 0.6) is 11.5 Å². The van der Waals surface area contributed by atoms with Crippen LogP contribution >= 0.6 is 15.9 Å². The van der Waals surface area contributed by atoms with E-state index >= 15 is 0 Å². The monoisotopic (exact) mass is 585 g/mol. The highest BCUT2D eigenvalue weighted by Gasteiger charge is 2.35. The number of nitrogens with zero attached hydrogens (tertiary/aromatic N) is 1. The average Bonchev–Trinajstić information content (AvgIpc) is 3.25. The van der Waals surface area contributed by atoms with Crippen molar-refractivity contribution in [2.45, 2.75) is 58.1 Å². The summed E-state index contributed by atoms with van der Waals surface area (Å²) in [5, 5.41) is 7.19. The van der Waals surface area contributed by atoms with Gasteiger partial charge in [-0.25, -0.2) is 4.79 Å². The van der Waals surface area contributed by atoms with E-state index in [1.807, 2.05) is 57.3 Å². The number of methoxy groups -OCH3 is 1. The molecule has 204 valence electrons. The third kappa shape index (κ3) is 6.81. The molecular weight excluding hydrogens is 550 g/mol. The maximum absolute atomic E-state index is 13.6. The van der Waals surface area contributed by atoms with Crippen molar-refractivity contribution in [3.63, 3.8) is 0 Å². The Kier molecular flexibility index (Phi) is 8.87. The van der Waals surface area contributed by atoms with Crippen LogP contribution in [-0.2, 0) is 4.74 Å². The zero-order valence-corrected chi connectivity index (χ0v) is 24.0. The molecule has 0 unspecified atom stereocenters. The van der Waals surface area contributed by atoms with Crippen molar-refractivity contribution < 1.29 is 23.8 Å². The van der Waals surface area contributed by atoms with E-state index in [0.29, 0.717) is 35.9 Å². The normalized spacial score (nSPS) is 16.6. The van der Waals surface area contributed by atoms with Gasteiger partial charge in [-0.05, 0) is 75.8 Å². The number of hydrogen-bond donors (Lipinski definition) is 2. The number of benzene rings is 2. The van der Waals surface area contributed by atoms with E-state index in [1.54, 1.807) is 18.1 Å². The Morgan fingerprint density at radius 1 is 1.13 bits per heavy atom. The Hall–Kier alpha value is -3.20. The summed E-state index contributed by atoms with van der Waals surface area (Å²) in [6.07, 6.45) is 5.32. The molecule has 9 heteroatoms. The van der Waals surface area contributed by atoms with Gasteiger partial charge in [0.1, 0.15) is 5.60 Å². The number of halogens is 1. The standard InChI is InChI=1S/C29H36BrN3O5/c1-29(2,3)38-28(35)32-21-10-8-19(9-11-21)20-14-22-17-31-24-16-26(37-13-7-5-6-12-30)25(36-4)15-23(24)27(34)33(22)18-20/h8-11,15-16,18,22,31H,5-7,12-14,17H2,1-4H3,(H,32,35)/t22-/m0/s1. The highest BCUT2D eigenvalue weighted by Crippen LogP contribution is 2.39. The number of nitrogens with one attached hydrogen (secondary N) is 2. The van der Waals surface area contributed by atoms with E-state index in [2.05, 4.69) is 26.6 Å². The summed E-state index contributed by atoms with van der Waals surface area (Å²) in [7, 11) is 1.59. The molecule has 2 N–H and O–H groups in total. The van der Waals surface area contributed by atoms with Gasteiger partial charge in [-0.3, -0.25) is 10.1 Å². The van der Waals surface area contributed by atoms with Gasteiger partial charge in [0, 0.05) is 29.8 Å². The Morgan fingerprint density at radius 2 is 1.89 bits per heavy atom. The van der Waals surface area contributed by atoms with Gasteiger partial charge >= 0.3 is 6.09 Å². The van der Waals surface area contributed by atoms with Gasteiger partial charge in [0.15, 0.2) is 11.5 Å². The number of amides is 2. The van der Waals surface area contributed by atoms with Crippen molar-refractivity contribution in [2.24, 2.45) is 0 Å². The van der Waals surface area contributed by atoms with Crippen molar-refractivity contribution in [3.8, 4) is 11.5 Å². The van der Waals surface area contributed by atoms with Gasteiger partial charge in [0.25, 0.3) is 5.91 Å². The predicted molar refractivity (Wildman–Crippen MR) is 153 cm³/mol. The minimum absolute atomic E-state index is 0.0101. The first-order chi connectivity index (χ1) is 18.2. The topological polar surface area (TPSA) is 89.1 Å². The van der Waals surface area contributed by atoms with Crippen LogP contribution in [0.25, 0.3) is 5.57 Å². The second-order valence-corrected chi connectivity index (χ2v) is 11.2. The SMILES string of the molecule is COc1cc2c(cc1OCCCCCBr)NC[C@@H]1CC(c3ccc(NC(=O)OC(C)(C)C)cc3)=CN1C2=O. The molecule has 0 fully saturated rings. The van der Waals surface area contributed by atoms with Crippen LogP contribution in [0.2, 0.25) is 0 Å². The maximum Gasteiger partial charge on any atom is 0.412 e. The third-order valence-corrected chi connectivity index (χ3v) is 6.94. The molecule has 1 atom stereocenters. The van der Waals surface area contributed by atoms with Crippen LogP contribution in [0.3, 0.4) is 0 Å². The van der Waals surface area contributed by atoms with E-state index in [9.17, 15) is 9.59 Å². The molecule has 0 spiro atoms. The average molecular weight is 587 g/mol. The summed E-state index contributed by atoms with van der Waals surface area (Å²) in [5.41, 5.74) is 3.47. The molecule has 2 aromatic carbocycles. The van der Waals surface area contributed by atoms with E-state index < -0.39 is 11.7 Å². The van der Waals surface area contributed by atoms with Gasteiger partial charge in [-0.1, -0.05) is 28.1 Å². The lowest BCUT2D eigenvalue weighted by atomic mass is 10.0. The van der Waals surface area contributed by atoms with Crippen LogP contribution in [0.15, 0.2) is 42.6 Å². The molecule has 2 heterocycles. The van der Waals surface area contributed by atoms with Crippen molar-refractivity contribution >= 4 is 44.9 Å². The Morgan fingerprint density at radius 3 is 2.58 bits per heavy atom. The molecule has 38 heavy (non-hydrogen) atoms. The number of rotatable bonds is 9. The Labute approximate surface area is 232 Å². The van der Waals surface area contributed by atoms with Crippen LogP contribution in [0.1, 0.15) is 62.4 Å². The summed E-state index contributed by atoms with van der Waals surface area (Å²) < 4.78 is 16.9. The molecule has 2 aromatic rings. The molecule has 0 saturated carbocycles. The van der Waals surface area contributed by atoms with Crippen LogP contribution in [0.4, 0.5) is 16.2 Å². The van der Waals surface area contributed by atoms with Gasteiger partial charge < -0.3 is 24.4 Å². The lowest BCUT2D eigenvalue weighted by Gasteiger charge is -2.20. The molecule has 2 aliphatic heterocycles. The van der Waals surface area contributed by atoms with Gasteiger partial charge in [-0.15, -0.1) is 0 Å². The number of alkyl halides is 1. The summed E-state index contributed by atoms with van der Waals surface area (Å²) in [6, 6.07) is 11.2. The highest BCUT2D eigenvalue weighted by molar-refractivity contribution is 9.09. The molecule has 2 amide bonds. The summed E-state index contributed by atoms with van der Waals surface area (Å²) >= 11 is 3.45. The summed E-state index contributed by atoms with van der Waals surface area (Å²) in [5.74, 6) is 1.12. The molecule has 0 aliphatic carbocycles. The fourth-order valence-corrected chi connectivity index (χ4v) is 4.93. The minimum atomic E-state index is -0.563. The summed E-state index contributed by atoms with van der Waals surface area (Å²) in [4.78, 5) is 27.4. The number of carbonyl (C=O) groups is 2. The van der Waals surface area contributed by atoms with Crippen LogP contribution in [-0.4, -0.2) is 54.1 Å². The number of ether oxygens (including phenoxy) is 3. The lowest BCUT2D eigenvalue weighted by Crippen LogP contribution is -2.34. The zero-order valence-electron chi connectivity index (χ0n) is 22.4. The number of fused-ring (bicyclic) bond motifs is 2. The van der Waals surface area contributed by atoms with Gasteiger partial charge in [0.05, 0.1) is 31.0 Å². The third-order valence-electron chi connectivity index (χ3n) is 6.38. The summed E-state index contributed by atoms with van der Waals surface area (Å²) in [6.45, 7) is 6.69. The number of hydrogen-bond acceptors (Lipinski definition) is 6. The Balaban J connectivity index is 1.46. The number of anilines is 2. The second kappa shape index (κ2) is 12.1. The molecule has 0 aromatic heterocycles. The van der Waals surface area contributed by atoms with E-state index in [0.717, 1.165) is 47.8 Å². The second-order valence-electron chi connectivity index (χ2n) is 10.5. The maximum atomic E-state index is 13.6. The van der Waals surface area contributed by atoms with Crippen LogP contribution in [0, 0.1) is 0 Å². The highest BCUT2D eigenvalue weighted by atomic mass is 79.9. The zero-order chi connectivity index (χ0) is 27.3.